The van der Waals surface area contributed by atoms with Crippen LogP contribution in [0, 0.1) is 6.92 Å². The highest BCUT2D eigenvalue weighted by Gasteiger charge is 2.21. The van der Waals surface area contributed by atoms with Gasteiger partial charge < -0.3 is 10.4 Å². The van der Waals surface area contributed by atoms with Crippen molar-refractivity contribution >= 4 is 5.95 Å². The Morgan fingerprint density at radius 2 is 2.24 bits per heavy atom. The monoisotopic (exact) mass is 235 g/mol. The Bertz CT molecular complexity index is 377. The molecule has 0 aliphatic heterocycles. The number of anilines is 1. The molecule has 0 saturated heterocycles. The molecule has 1 aliphatic rings. The van der Waals surface area contributed by atoms with Crippen LogP contribution in [0.2, 0.25) is 0 Å². The van der Waals surface area contributed by atoms with Gasteiger partial charge in [-0.05, 0) is 32.3 Å². The molecule has 0 bridgehead atoms. The van der Waals surface area contributed by atoms with E-state index in [1.165, 1.54) is 19.3 Å². The number of hydrogen-bond donors (Lipinski definition) is 2. The zero-order chi connectivity index (χ0) is 12.3. The Hall–Kier alpha value is -1.16. The van der Waals surface area contributed by atoms with Crippen LogP contribution in [-0.4, -0.2) is 27.7 Å². The smallest absolute Gasteiger partial charge is 0.223 e. The number of aliphatic hydroxyl groups excluding tert-OH is 1. The molecule has 0 amide bonds. The number of nitrogens with zero attached hydrogens (tertiary/aromatic N) is 2. The molecule has 1 heterocycles. The van der Waals surface area contributed by atoms with Crippen molar-refractivity contribution in [1.82, 2.24) is 9.97 Å². The lowest BCUT2D eigenvalue weighted by Gasteiger charge is -2.25. The second-order valence-electron chi connectivity index (χ2n) is 4.83. The lowest BCUT2D eigenvalue weighted by Crippen LogP contribution is -2.20. The van der Waals surface area contributed by atoms with E-state index >= 15 is 0 Å². The summed E-state index contributed by atoms with van der Waals surface area (Å²) < 4.78 is 0. The third kappa shape index (κ3) is 3.16. The van der Waals surface area contributed by atoms with Gasteiger partial charge in [0, 0.05) is 23.9 Å². The third-order valence-electron chi connectivity index (χ3n) is 3.36. The minimum atomic E-state index is -0.328. The van der Waals surface area contributed by atoms with Gasteiger partial charge in [-0.25, -0.2) is 9.97 Å². The molecule has 0 aromatic carbocycles. The van der Waals surface area contributed by atoms with Crippen LogP contribution in [0.15, 0.2) is 6.07 Å². The topological polar surface area (TPSA) is 58.0 Å². The maximum Gasteiger partial charge on any atom is 0.223 e. The molecule has 0 unspecified atom stereocenters. The van der Waals surface area contributed by atoms with E-state index < -0.39 is 0 Å². The van der Waals surface area contributed by atoms with Gasteiger partial charge in [-0.3, -0.25) is 0 Å². The summed E-state index contributed by atoms with van der Waals surface area (Å²) in [7, 11) is 0. The average molecular weight is 235 g/mol. The summed E-state index contributed by atoms with van der Waals surface area (Å²) in [5.41, 5.74) is 2.15. The first-order chi connectivity index (χ1) is 8.19. The fourth-order valence-corrected chi connectivity index (χ4v) is 1.94. The fourth-order valence-electron chi connectivity index (χ4n) is 1.94. The molecule has 4 heteroatoms. The molecular weight excluding hydrogens is 214 g/mol. The first-order valence-corrected chi connectivity index (χ1v) is 6.46. The maximum atomic E-state index is 9.51. The van der Waals surface area contributed by atoms with Crippen molar-refractivity contribution in [1.29, 1.82) is 0 Å². The molecule has 1 aromatic heterocycles. The lowest BCUT2D eigenvalue weighted by molar-refractivity contribution is 0.183. The third-order valence-corrected chi connectivity index (χ3v) is 3.36. The van der Waals surface area contributed by atoms with E-state index in [-0.39, 0.29) is 6.10 Å². The molecule has 1 saturated carbocycles. The summed E-state index contributed by atoms with van der Waals surface area (Å²) in [4.78, 5) is 8.88. The zero-order valence-electron chi connectivity index (χ0n) is 10.6. The lowest BCUT2D eigenvalue weighted by atomic mass is 9.83. The summed E-state index contributed by atoms with van der Waals surface area (Å²) in [5, 5.41) is 12.6. The van der Waals surface area contributed by atoms with Gasteiger partial charge in [-0.2, -0.15) is 0 Å². The second-order valence-corrected chi connectivity index (χ2v) is 4.83. The van der Waals surface area contributed by atoms with Crippen molar-refractivity contribution in [2.75, 3.05) is 11.9 Å². The van der Waals surface area contributed by atoms with E-state index in [0.717, 1.165) is 17.8 Å². The van der Waals surface area contributed by atoms with Crippen LogP contribution < -0.4 is 5.32 Å². The molecule has 4 nitrogen and oxygen atoms in total. The summed E-state index contributed by atoms with van der Waals surface area (Å²) in [6.45, 7) is 4.47. The fraction of sp³-hybridized carbons (Fsp3) is 0.692. The van der Waals surface area contributed by atoms with Crippen LogP contribution in [-0.2, 0) is 0 Å². The van der Waals surface area contributed by atoms with Gasteiger partial charge in [0.05, 0.1) is 6.10 Å². The standard InChI is InChI=1S/C13H21N3O/c1-3-11(17)8-14-13-15-9(2)7-12(16-13)10-5-4-6-10/h7,10-11,17H,3-6,8H2,1-2H3,(H,14,15,16)/t11-/m0/s1. The number of rotatable bonds is 5. The highest BCUT2D eigenvalue weighted by Crippen LogP contribution is 2.35. The number of aryl methyl sites for hydroxylation is 1. The molecule has 17 heavy (non-hydrogen) atoms. The van der Waals surface area contributed by atoms with Gasteiger partial charge in [0.15, 0.2) is 0 Å². The Balaban J connectivity index is 2.03. The van der Waals surface area contributed by atoms with Crippen molar-refractivity contribution in [2.24, 2.45) is 0 Å². The molecular formula is C13H21N3O. The molecule has 0 radical (unpaired) electrons. The summed E-state index contributed by atoms with van der Waals surface area (Å²) in [5.74, 6) is 1.27. The van der Waals surface area contributed by atoms with E-state index in [1.807, 2.05) is 13.8 Å². The minimum absolute atomic E-state index is 0.328. The summed E-state index contributed by atoms with van der Waals surface area (Å²) in [6, 6.07) is 2.07. The normalized spacial score (nSPS) is 17.6. The number of aromatic nitrogens is 2. The molecule has 1 aromatic rings. The molecule has 1 atom stereocenters. The Kier molecular flexibility index (Phi) is 3.94. The van der Waals surface area contributed by atoms with E-state index in [1.54, 1.807) is 0 Å². The Morgan fingerprint density at radius 3 is 2.82 bits per heavy atom. The largest absolute Gasteiger partial charge is 0.391 e. The Labute approximate surface area is 102 Å². The first kappa shape index (κ1) is 12.3. The van der Waals surface area contributed by atoms with Crippen LogP contribution in [0.3, 0.4) is 0 Å². The number of nitrogens with one attached hydrogen (secondary N) is 1. The SMILES string of the molecule is CC[C@H](O)CNc1nc(C)cc(C2CCC2)n1. The highest BCUT2D eigenvalue weighted by atomic mass is 16.3. The van der Waals surface area contributed by atoms with E-state index in [9.17, 15) is 5.11 Å². The summed E-state index contributed by atoms with van der Waals surface area (Å²) in [6.07, 6.45) is 4.21. The molecule has 1 fully saturated rings. The average Bonchev–Trinajstić information content (AvgIpc) is 2.22. The van der Waals surface area contributed by atoms with E-state index in [0.29, 0.717) is 18.4 Å². The van der Waals surface area contributed by atoms with Crippen molar-refractivity contribution in [3.63, 3.8) is 0 Å². The molecule has 2 rings (SSSR count). The van der Waals surface area contributed by atoms with Gasteiger partial charge in [-0.15, -0.1) is 0 Å². The predicted octanol–water partition coefficient (Wildman–Crippen LogP) is 2.24. The van der Waals surface area contributed by atoms with Gasteiger partial charge in [0.2, 0.25) is 5.95 Å². The molecule has 0 spiro atoms. The van der Waals surface area contributed by atoms with Crippen LogP contribution in [0.25, 0.3) is 0 Å². The quantitative estimate of drug-likeness (QED) is 0.821. The van der Waals surface area contributed by atoms with E-state index in [4.69, 9.17) is 0 Å². The van der Waals surface area contributed by atoms with Crippen LogP contribution in [0.5, 0.6) is 0 Å². The van der Waals surface area contributed by atoms with Gasteiger partial charge in [-0.1, -0.05) is 13.3 Å². The number of aliphatic hydroxyl groups is 1. The second kappa shape index (κ2) is 5.45. The van der Waals surface area contributed by atoms with Crippen LogP contribution in [0.4, 0.5) is 5.95 Å². The van der Waals surface area contributed by atoms with Gasteiger partial charge >= 0.3 is 0 Å². The van der Waals surface area contributed by atoms with Crippen LogP contribution >= 0.6 is 0 Å². The Morgan fingerprint density at radius 1 is 1.47 bits per heavy atom. The van der Waals surface area contributed by atoms with Gasteiger partial charge in [0.1, 0.15) is 0 Å². The maximum absolute atomic E-state index is 9.51. The minimum Gasteiger partial charge on any atom is -0.391 e. The van der Waals surface area contributed by atoms with Crippen molar-refractivity contribution < 1.29 is 5.11 Å². The zero-order valence-corrected chi connectivity index (χ0v) is 10.6. The summed E-state index contributed by atoms with van der Waals surface area (Å²) >= 11 is 0. The number of hydrogen-bond acceptors (Lipinski definition) is 4. The molecule has 2 N–H and O–H groups in total. The van der Waals surface area contributed by atoms with E-state index in [2.05, 4.69) is 21.4 Å². The molecule has 94 valence electrons. The first-order valence-electron chi connectivity index (χ1n) is 6.46. The van der Waals surface area contributed by atoms with Gasteiger partial charge in [0.25, 0.3) is 0 Å². The van der Waals surface area contributed by atoms with Crippen molar-refractivity contribution in [2.45, 2.75) is 51.6 Å². The van der Waals surface area contributed by atoms with Crippen molar-refractivity contribution in [3.8, 4) is 0 Å². The molecule has 1 aliphatic carbocycles. The van der Waals surface area contributed by atoms with Crippen LogP contribution in [0.1, 0.15) is 49.9 Å². The van der Waals surface area contributed by atoms with Crippen molar-refractivity contribution in [3.05, 3.63) is 17.5 Å². The highest BCUT2D eigenvalue weighted by molar-refractivity contribution is 5.30. The predicted molar refractivity (Wildman–Crippen MR) is 68.1 cm³/mol.